The quantitative estimate of drug-likeness (QED) is 0.475. The zero-order valence-corrected chi connectivity index (χ0v) is 18.8. The van der Waals surface area contributed by atoms with Gasteiger partial charge < -0.3 is 0 Å². The van der Waals surface area contributed by atoms with Crippen molar-refractivity contribution in [2.24, 2.45) is 28.1 Å². The van der Waals surface area contributed by atoms with Crippen molar-refractivity contribution in [3.05, 3.63) is 34.4 Å². The Labute approximate surface area is 162 Å². The molecule has 0 bridgehead atoms. The fourth-order valence-corrected chi connectivity index (χ4v) is 5.15. The van der Waals surface area contributed by atoms with Gasteiger partial charge >= 0.3 is 0 Å². The van der Waals surface area contributed by atoms with E-state index in [-0.39, 0.29) is 22.0 Å². The molecule has 146 valence electrons. The van der Waals surface area contributed by atoms with E-state index in [2.05, 4.69) is 81.4 Å². The zero-order valence-electron chi connectivity index (χ0n) is 18.8. The molecule has 0 heterocycles. The molecule has 2 unspecified atom stereocenters. The Hall–Kier alpha value is -1.11. The molecule has 2 aliphatic rings. The summed E-state index contributed by atoms with van der Waals surface area (Å²) < 4.78 is 0. The van der Waals surface area contributed by atoms with Crippen LogP contribution < -0.4 is 0 Å². The van der Waals surface area contributed by atoms with Crippen LogP contribution in [0.15, 0.2) is 34.4 Å². The van der Waals surface area contributed by atoms with Crippen LogP contribution in [0.2, 0.25) is 0 Å². The lowest BCUT2D eigenvalue weighted by molar-refractivity contribution is -0.114. The van der Waals surface area contributed by atoms with Gasteiger partial charge in [-0.05, 0) is 55.8 Å². The molecule has 2 atom stereocenters. The van der Waals surface area contributed by atoms with Crippen LogP contribution in [-0.2, 0) is 4.79 Å². The SMILES string of the molecule is CCC1CC2(C=C(C(C)(C)C)C(=O)C(C(C)(C)C)=C2)C(CC)C(C)=C1C. The van der Waals surface area contributed by atoms with E-state index in [1.165, 1.54) is 6.42 Å². The highest BCUT2D eigenvalue weighted by atomic mass is 16.1. The monoisotopic (exact) mass is 356 g/mol. The first kappa shape index (κ1) is 21.2. The molecule has 0 aromatic heterocycles. The minimum absolute atomic E-state index is 0.0157. The summed E-state index contributed by atoms with van der Waals surface area (Å²) in [7, 11) is 0. The van der Waals surface area contributed by atoms with Crippen molar-refractivity contribution in [3.63, 3.8) is 0 Å². The van der Waals surface area contributed by atoms with Gasteiger partial charge in [0.05, 0.1) is 0 Å². The van der Waals surface area contributed by atoms with Crippen molar-refractivity contribution in [2.75, 3.05) is 0 Å². The number of rotatable bonds is 2. The molecule has 0 aromatic carbocycles. The van der Waals surface area contributed by atoms with Gasteiger partial charge in [0.1, 0.15) is 0 Å². The highest BCUT2D eigenvalue weighted by Gasteiger charge is 2.47. The van der Waals surface area contributed by atoms with E-state index < -0.39 is 0 Å². The van der Waals surface area contributed by atoms with Gasteiger partial charge in [-0.25, -0.2) is 0 Å². The molecule has 0 N–H and O–H groups in total. The number of Topliss-reactive ketones (excluding diaryl/α,β-unsaturated/α-hetero) is 1. The van der Waals surface area contributed by atoms with Gasteiger partial charge in [-0.1, -0.05) is 78.7 Å². The summed E-state index contributed by atoms with van der Waals surface area (Å²) in [5.41, 5.74) is 4.90. The molecule has 1 heteroatoms. The van der Waals surface area contributed by atoms with E-state index in [9.17, 15) is 4.79 Å². The molecule has 0 aromatic rings. The number of allylic oxidation sites excluding steroid dienone is 6. The average molecular weight is 357 g/mol. The van der Waals surface area contributed by atoms with E-state index in [4.69, 9.17) is 0 Å². The van der Waals surface area contributed by atoms with Gasteiger partial charge in [-0.3, -0.25) is 4.79 Å². The largest absolute Gasteiger partial charge is 0.289 e. The molecule has 1 spiro atoms. The molecule has 2 rings (SSSR count). The van der Waals surface area contributed by atoms with Gasteiger partial charge in [-0.15, -0.1) is 0 Å². The molecule has 0 saturated carbocycles. The van der Waals surface area contributed by atoms with Crippen LogP contribution in [0.5, 0.6) is 0 Å². The molecule has 0 radical (unpaired) electrons. The lowest BCUT2D eigenvalue weighted by Gasteiger charge is -2.49. The average Bonchev–Trinajstić information content (AvgIpc) is 2.51. The summed E-state index contributed by atoms with van der Waals surface area (Å²) in [6, 6.07) is 0. The van der Waals surface area contributed by atoms with Crippen molar-refractivity contribution in [3.8, 4) is 0 Å². The Morgan fingerprint density at radius 1 is 0.885 bits per heavy atom. The van der Waals surface area contributed by atoms with Crippen LogP contribution in [-0.4, -0.2) is 5.78 Å². The van der Waals surface area contributed by atoms with Gasteiger partial charge in [-0.2, -0.15) is 0 Å². The van der Waals surface area contributed by atoms with E-state index in [0.717, 1.165) is 24.0 Å². The van der Waals surface area contributed by atoms with Crippen molar-refractivity contribution < 1.29 is 4.79 Å². The number of carbonyl (C=O) groups is 1. The second-order valence-electron chi connectivity index (χ2n) is 10.7. The third-order valence-corrected chi connectivity index (χ3v) is 6.84. The molecule has 1 nitrogen and oxygen atoms in total. The first-order valence-corrected chi connectivity index (χ1v) is 10.5. The highest BCUT2D eigenvalue weighted by Crippen LogP contribution is 2.55. The van der Waals surface area contributed by atoms with Crippen LogP contribution >= 0.6 is 0 Å². The van der Waals surface area contributed by atoms with Crippen LogP contribution in [0.3, 0.4) is 0 Å². The lowest BCUT2D eigenvalue weighted by Crippen LogP contribution is -2.41. The van der Waals surface area contributed by atoms with Crippen molar-refractivity contribution in [2.45, 2.75) is 88.5 Å². The maximum Gasteiger partial charge on any atom is 0.185 e. The molecular formula is C25H40O. The van der Waals surface area contributed by atoms with E-state index in [1.807, 2.05) is 0 Å². The second-order valence-corrected chi connectivity index (χ2v) is 10.7. The van der Waals surface area contributed by atoms with Crippen molar-refractivity contribution >= 4 is 5.78 Å². The summed E-state index contributed by atoms with van der Waals surface area (Å²) in [4.78, 5) is 13.4. The standard InChI is InChI=1S/C25H40O/c1-11-18-13-25(19(12-2)17(4)16(18)3)14-20(23(5,6)7)22(26)21(15-25)24(8,9)10/h14-15,18-19H,11-13H2,1-10H3. The summed E-state index contributed by atoms with van der Waals surface area (Å²) in [5.74, 6) is 1.37. The predicted molar refractivity (Wildman–Crippen MR) is 113 cm³/mol. The second kappa shape index (κ2) is 6.80. The maximum absolute atomic E-state index is 13.4. The van der Waals surface area contributed by atoms with Crippen LogP contribution in [0, 0.1) is 28.1 Å². The lowest BCUT2D eigenvalue weighted by atomic mass is 9.55. The molecule has 2 aliphatic carbocycles. The van der Waals surface area contributed by atoms with Crippen LogP contribution in [0.1, 0.15) is 88.5 Å². The predicted octanol–water partition coefficient (Wildman–Crippen LogP) is 7.29. The third-order valence-electron chi connectivity index (χ3n) is 6.84. The molecule has 0 fully saturated rings. The topological polar surface area (TPSA) is 17.1 Å². The Balaban J connectivity index is 2.79. The van der Waals surface area contributed by atoms with Crippen molar-refractivity contribution in [1.82, 2.24) is 0 Å². The minimum atomic E-state index is -0.126. The van der Waals surface area contributed by atoms with E-state index >= 15 is 0 Å². The summed E-state index contributed by atoms with van der Waals surface area (Å²) in [6.07, 6.45) is 8.20. The Morgan fingerprint density at radius 2 is 1.35 bits per heavy atom. The highest BCUT2D eigenvalue weighted by molar-refractivity contribution is 6.11. The summed E-state index contributed by atoms with van der Waals surface area (Å²) in [5, 5.41) is 0. The zero-order chi connectivity index (χ0) is 20.1. The van der Waals surface area contributed by atoms with Crippen molar-refractivity contribution in [1.29, 1.82) is 0 Å². The van der Waals surface area contributed by atoms with Crippen LogP contribution in [0.4, 0.5) is 0 Å². The van der Waals surface area contributed by atoms with E-state index in [0.29, 0.717) is 11.8 Å². The maximum atomic E-state index is 13.4. The summed E-state index contributed by atoms with van der Waals surface area (Å²) in [6.45, 7) is 22.4. The minimum Gasteiger partial charge on any atom is -0.289 e. The van der Waals surface area contributed by atoms with Gasteiger partial charge in [0.25, 0.3) is 0 Å². The smallest absolute Gasteiger partial charge is 0.185 e. The molecule has 0 amide bonds. The molecular weight excluding hydrogens is 316 g/mol. The number of ketones is 1. The Kier molecular flexibility index (Phi) is 5.55. The fourth-order valence-electron chi connectivity index (χ4n) is 5.15. The first-order chi connectivity index (χ1) is 11.8. The number of carbonyl (C=O) groups excluding carboxylic acids is 1. The number of hydrogen-bond acceptors (Lipinski definition) is 1. The fraction of sp³-hybridized carbons (Fsp3) is 0.720. The Morgan fingerprint density at radius 3 is 1.69 bits per heavy atom. The summed E-state index contributed by atoms with van der Waals surface area (Å²) >= 11 is 0. The van der Waals surface area contributed by atoms with Crippen LogP contribution in [0.25, 0.3) is 0 Å². The first-order valence-electron chi connectivity index (χ1n) is 10.5. The molecule has 26 heavy (non-hydrogen) atoms. The normalized spacial score (nSPS) is 26.9. The molecule has 0 saturated heterocycles. The third kappa shape index (κ3) is 3.51. The van der Waals surface area contributed by atoms with Gasteiger partial charge in [0.15, 0.2) is 5.78 Å². The van der Waals surface area contributed by atoms with E-state index in [1.54, 1.807) is 11.1 Å². The van der Waals surface area contributed by atoms with Gasteiger partial charge in [0.2, 0.25) is 0 Å². The Bertz CT molecular complexity index is 636. The number of hydrogen-bond donors (Lipinski definition) is 0. The van der Waals surface area contributed by atoms with Gasteiger partial charge in [0, 0.05) is 16.6 Å². The molecule has 0 aliphatic heterocycles.